The minimum atomic E-state index is 0.686. The summed E-state index contributed by atoms with van der Waals surface area (Å²) in [7, 11) is 0. The van der Waals surface area contributed by atoms with Crippen LogP contribution in [0.2, 0.25) is 0 Å². The fourth-order valence-corrected chi connectivity index (χ4v) is 2.65. The Morgan fingerprint density at radius 2 is 2.00 bits per heavy atom. The van der Waals surface area contributed by atoms with Gasteiger partial charge in [-0.25, -0.2) is 0 Å². The smallest absolute Gasteiger partial charge is 0.0483 e. The number of aryl methyl sites for hydroxylation is 1. The van der Waals surface area contributed by atoms with Crippen LogP contribution in [0.15, 0.2) is 30.5 Å². The Morgan fingerprint density at radius 3 is 2.74 bits per heavy atom. The molecule has 1 aromatic carbocycles. The summed E-state index contributed by atoms with van der Waals surface area (Å²) in [6, 6.07) is 8.79. The van der Waals surface area contributed by atoms with Crippen LogP contribution in [0.5, 0.6) is 0 Å². The number of rotatable bonds is 7. The molecular formula is C17H26N2. The van der Waals surface area contributed by atoms with Gasteiger partial charge in [-0.2, -0.15) is 0 Å². The lowest BCUT2D eigenvalue weighted by Crippen LogP contribution is -2.14. The van der Waals surface area contributed by atoms with Crippen LogP contribution >= 0.6 is 0 Å². The first-order chi connectivity index (χ1) is 9.22. The van der Waals surface area contributed by atoms with Gasteiger partial charge in [0, 0.05) is 23.6 Å². The van der Waals surface area contributed by atoms with E-state index in [1.165, 1.54) is 29.3 Å². The van der Waals surface area contributed by atoms with Gasteiger partial charge in [0.1, 0.15) is 0 Å². The molecule has 2 nitrogen and oxygen atoms in total. The van der Waals surface area contributed by atoms with Gasteiger partial charge >= 0.3 is 0 Å². The maximum Gasteiger partial charge on any atom is 0.0483 e. The number of aromatic nitrogens is 1. The highest BCUT2D eigenvalue weighted by Gasteiger charge is 2.08. The number of hydrogen-bond donors (Lipinski definition) is 1. The molecule has 0 bridgehead atoms. The van der Waals surface area contributed by atoms with Gasteiger partial charge < -0.3 is 9.88 Å². The lowest BCUT2D eigenvalue weighted by atomic mass is 10.1. The Kier molecular flexibility index (Phi) is 5.03. The second-order valence-corrected chi connectivity index (χ2v) is 5.67. The van der Waals surface area contributed by atoms with Crippen molar-refractivity contribution in [3.8, 4) is 0 Å². The van der Waals surface area contributed by atoms with E-state index in [0.717, 1.165) is 19.6 Å². The minimum absolute atomic E-state index is 0.686. The number of benzene rings is 1. The summed E-state index contributed by atoms with van der Waals surface area (Å²) in [5.41, 5.74) is 2.88. The molecule has 104 valence electrons. The summed E-state index contributed by atoms with van der Waals surface area (Å²) in [6.45, 7) is 10.00. The van der Waals surface area contributed by atoms with Crippen LogP contribution in [0.4, 0.5) is 0 Å². The van der Waals surface area contributed by atoms with Crippen molar-refractivity contribution in [3.63, 3.8) is 0 Å². The molecule has 2 aromatic rings. The van der Waals surface area contributed by atoms with E-state index in [4.69, 9.17) is 0 Å². The van der Waals surface area contributed by atoms with Crippen molar-refractivity contribution in [2.45, 2.75) is 40.2 Å². The van der Waals surface area contributed by atoms with E-state index in [1.54, 1.807) is 0 Å². The quantitative estimate of drug-likeness (QED) is 0.747. The highest BCUT2D eigenvalue weighted by molar-refractivity contribution is 5.83. The fourth-order valence-electron chi connectivity index (χ4n) is 2.65. The molecule has 0 unspecified atom stereocenters. The highest BCUT2D eigenvalue weighted by atomic mass is 15.0. The molecule has 0 aliphatic carbocycles. The van der Waals surface area contributed by atoms with Crippen molar-refractivity contribution in [3.05, 3.63) is 36.0 Å². The molecule has 0 atom stereocenters. The maximum absolute atomic E-state index is 3.40. The van der Waals surface area contributed by atoms with Crippen LogP contribution in [-0.2, 0) is 13.0 Å². The lowest BCUT2D eigenvalue weighted by molar-refractivity contribution is 0.534. The van der Waals surface area contributed by atoms with Crippen molar-refractivity contribution in [1.29, 1.82) is 0 Å². The van der Waals surface area contributed by atoms with Crippen molar-refractivity contribution in [2.75, 3.05) is 13.1 Å². The predicted octanol–water partition coefficient (Wildman–Crippen LogP) is 3.84. The molecule has 0 saturated heterocycles. The molecule has 1 aromatic heterocycles. The van der Waals surface area contributed by atoms with E-state index in [-0.39, 0.29) is 0 Å². The van der Waals surface area contributed by atoms with Gasteiger partial charge in [0.2, 0.25) is 0 Å². The molecule has 2 rings (SSSR count). The molecule has 0 spiro atoms. The van der Waals surface area contributed by atoms with Crippen LogP contribution in [-0.4, -0.2) is 17.7 Å². The second-order valence-electron chi connectivity index (χ2n) is 5.67. The molecule has 0 radical (unpaired) electrons. The van der Waals surface area contributed by atoms with E-state index in [2.05, 4.69) is 61.1 Å². The van der Waals surface area contributed by atoms with E-state index >= 15 is 0 Å². The van der Waals surface area contributed by atoms with Crippen LogP contribution in [0.1, 0.15) is 32.8 Å². The topological polar surface area (TPSA) is 17.0 Å². The Labute approximate surface area is 116 Å². The maximum atomic E-state index is 3.40. The molecule has 2 heteroatoms. The van der Waals surface area contributed by atoms with E-state index in [1.807, 2.05) is 0 Å². The van der Waals surface area contributed by atoms with Crippen molar-refractivity contribution >= 4 is 10.9 Å². The average Bonchev–Trinajstić information content (AvgIpc) is 2.73. The summed E-state index contributed by atoms with van der Waals surface area (Å²) >= 11 is 0. The Morgan fingerprint density at radius 1 is 1.21 bits per heavy atom. The van der Waals surface area contributed by atoms with E-state index in [0.29, 0.717) is 5.92 Å². The lowest BCUT2D eigenvalue weighted by Gasteiger charge is -2.07. The SMILES string of the molecule is CCNCCCc1cn(CC(C)C)c2ccccc12. The molecule has 0 saturated carbocycles. The van der Waals surface area contributed by atoms with Crippen LogP contribution in [0.25, 0.3) is 10.9 Å². The van der Waals surface area contributed by atoms with Gasteiger partial charge in [0.05, 0.1) is 0 Å². The van der Waals surface area contributed by atoms with Gasteiger partial charge in [-0.15, -0.1) is 0 Å². The van der Waals surface area contributed by atoms with Crippen LogP contribution in [0, 0.1) is 5.92 Å². The van der Waals surface area contributed by atoms with E-state index < -0.39 is 0 Å². The fraction of sp³-hybridized carbons (Fsp3) is 0.529. The van der Waals surface area contributed by atoms with Gasteiger partial charge in [0.15, 0.2) is 0 Å². The summed E-state index contributed by atoms with van der Waals surface area (Å²) < 4.78 is 2.42. The molecule has 0 fully saturated rings. The zero-order chi connectivity index (χ0) is 13.7. The molecule has 19 heavy (non-hydrogen) atoms. The number of nitrogens with one attached hydrogen (secondary N) is 1. The largest absolute Gasteiger partial charge is 0.347 e. The first kappa shape index (κ1) is 14.1. The molecule has 0 aliphatic heterocycles. The molecule has 0 aliphatic rings. The van der Waals surface area contributed by atoms with Crippen molar-refractivity contribution < 1.29 is 0 Å². The van der Waals surface area contributed by atoms with Gasteiger partial charge in [0.25, 0.3) is 0 Å². The highest BCUT2D eigenvalue weighted by Crippen LogP contribution is 2.23. The number of para-hydroxylation sites is 1. The first-order valence-corrected chi connectivity index (χ1v) is 7.49. The van der Waals surface area contributed by atoms with Gasteiger partial charge in [-0.3, -0.25) is 0 Å². The molecular weight excluding hydrogens is 232 g/mol. The van der Waals surface area contributed by atoms with Crippen molar-refractivity contribution in [1.82, 2.24) is 9.88 Å². The Bertz CT molecular complexity index is 511. The normalized spacial score (nSPS) is 11.6. The first-order valence-electron chi connectivity index (χ1n) is 7.49. The predicted molar refractivity (Wildman–Crippen MR) is 83.6 cm³/mol. The van der Waals surface area contributed by atoms with Crippen LogP contribution < -0.4 is 5.32 Å². The summed E-state index contributed by atoms with van der Waals surface area (Å²) in [5, 5.41) is 4.83. The average molecular weight is 258 g/mol. The summed E-state index contributed by atoms with van der Waals surface area (Å²) in [4.78, 5) is 0. The third kappa shape index (κ3) is 3.60. The Hall–Kier alpha value is -1.28. The van der Waals surface area contributed by atoms with Gasteiger partial charge in [-0.1, -0.05) is 39.0 Å². The van der Waals surface area contributed by atoms with Crippen molar-refractivity contribution in [2.24, 2.45) is 5.92 Å². The number of nitrogens with zero attached hydrogens (tertiary/aromatic N) is 1. The summed E-state index contributed by atoms with van der Waals surface area (Å²) in [6.07, 6.45) is 4.73. The minimum Gasteiger partial charge on any atom is -0.347 e. The molecule has 0 amide bonds. The third-order valence-electron chi connectivity index (χ3n) is 3.48. The Balaban J connectivity index is 2.18. The third-order valence-corrected chi connectivity index (χ3v) is 3.48. The second kappa shape index (κ2) is 6.76. The zero-order valence-electron chi connectivity index (χ0n) is 12.4. The zero-order valence-corrected chi connectivity index (χ0v) is 12.4. The number of hydrogen-bond acceptors (Lipinski definition) is 1. The monoisotopic (exact) mass is 258 g/mol. The molecule has 1 heterocycles. The standard InChI is InChI=1S/C17H26N2/c1-4-18-11-7-8-15-13-19(12-14(2)3)17-10-6-5-9-16(15)17/h5-6,9-10,13-14,18H,4,7-8,11-12H2,1-3H3. The van der Waals surface area contributed by atoms with E-state index in [9.17, 15) is 0 Å². The summed E-state index contributed by atoms with van der Waals surface area (Å²) in [5.74, 6) is 0.686. The van der Waals surface area contributed by atoms with Crippen LogP contribution in [0.3, 0.4) is 0 Å². The number of fused-ring (bicyclic) bond motifs is 1. The molecule has 1 N–H and O–H groups in total. The van der Waals surface area contributed by atoms with Gasteiger partial charge in [-0.05, 0) is 43.5 Å².